The Morgan fingerprint density at radius 1 is 1.08 bits per heavy atom. The lowest BCUT2D eigenvalue weighted by Gasteiger charge is -2.23. The van der Waals surface area contributed by atoms with E-state index >= 15 is 0 Å². The molecular weight excluding hydrogens is 308 g/mol. The molecule has 0 aliphatic carbocycles. The van der Waals surface area contributed by atoms with E-state index in [0.717, 1.165) is 38.0 Å². The Hall–Kier alpha value is -2.06. The third kappa shape index (κ3) is 5.47. The highest BCUT2D eigenvalue weighted by molar-refractivity contribution is 5.32. The van der Waals surface area contributed by atoms with E-state index in [-0.39, 0.29) is 6.29 Å². The zero-order valence-corrected chi connectivity index (χ0v) is 15.1. The lowest BCUT2D eigenvalue weighted by molar-refractivity contribution is -0.105. The second-order valence-electron chi connectivity index (χ2n) is 6.62. The third-order valence-corrected chi connectivity index (χ3v) is 4.72. The van der Waals surface area contributed by atoms with Gasteiger partial charge >= 0.3 is 0 Å². The maximum atomic E-state index is 5.92. The van der Waals surface area contributed by atoms with Gasteiger partial charge in [0.05, 0.1) is 6.61 Å². The van der Waals surface area contributed by atoms with Crippen LogP contribution >= 0.6 is 0 Å². The van der Waals surface area contributed by atoms with Gasteiger partial charge in [-0.05, 0) is 48.9 Å². The van der Waals surface area contributed by atoms with Crippen molar-refractivity contribution in [2.45, 2.75) is 51.2 Å². The van der Waals surface area contributed by atoms with Crippen molar-refractivity contribution in [3.05, 3.63) is 77.9 Å². The van der Waals surface area contributed by atoms with Gasteiger partial charge in [-0.1, -0.05) is 61.5 Å². The average molecular weight is 336 g/mol. The van der Waals surface area contributed by atoms with E-state index in [4.69, 9.17) is 9.47 Å². The number of ether oxygens (including phenoxy) is 2. The molecule has 1 aliphatic rings. The van der Waals surface area contributed by atoms with Crippen molar-refractivity contribution < 1.29 is 9.47 Å². The molecule has 0 N–H and O–H groups in total. The van der Waals surface area contributed by atoms with E-state index in [9.17, 15) is 0 Å². The van der Waals surface area contributed by atoms with Gasteiger partial charge in [-0.15, -0.1) is 0 Å². The zero-order chi connectivity index (χ0) is 17.3. The monoisotopic (exact) mass is 336 g/mol. The van der Waals surface area contributed by atoms with Gasteiger partial charge in [-0.2, -0.15) is 0 Å². The van der Waals surface area contributed by atoms with Crippen LogP contribution in [0.25, 0.3) is 0 Å². The summed E-state index contributed by atoms with van der Waals surface area (Å²) >= 11 is 0. The van der Waals surface area contributed by atoms with Crippen molar-refractivity contribution in [2.24, 2.45) is 0 Å². The smallest absolute Gasteiger partial charge is 0.199 e. The summed E-state index contributed by atoms with van der Waals surface area (Å²) in [5.41, 5.74) is 2.69. The average Bonchev–Trinajstić information content (AvgIpc) is 2.68. The summed E-state index contributed by atoms with van der Waals surface area (Å²) in [6.07, 6.45) is 9.93. The van der Waals surface area contributed by atoms with Crippen LogP contribution in [0.3, 0.4) is 0 Å². The second kappa shape index (κ2) is 9.43. The molecule has 2 nitrogen and oxygen atoms in total. The first-order valence-electron chi connectivity index (χ1n) is 9.44. The molecule has 0 radical (unpaired) electrons. The van der Waals surface area contributed by atoms with Gasteiger partial charge in [-0.3, -0.25) is 0 Å². The van der Waals surface area contributed by atoms with Crippen LogP contribution < -0.4 is 4.74 Å². The van der Waals surface area contributed by atoms with Crippen LogP contribution in [0, 0.1) is 0 Å². The molecule has 1 saturated heterocycles. The first kappa shape index (κ1) is 17.8. The topological polar surface area (TPSA) is 18.5 Å². The summed E-state index contributed by atoms with van der Waals surface area (Å²) in [6, 6.07) is 19.1. The number of rotatable bonds is 7. The molecule has 0 amide bonds. The molecule has 0 bridgehead atoms. The fourth-order valence-electron chi connectivity index (χ4n) is 3.21. The first-order chi connectivity index (χ1) is 12.3. The molecule has 0 aromatic heterocycles. The number of allylic oxidation sites excluding steroid dienone is 2. The van der Waals surface area contributed by atoms with E-state index in [1.807, 2.05) is 0 Å². The summed E-state index contributed by atoms with van der Waals surface area (Å²) in [5, 5.41) is 0. The number of hydrogen-bond donors (Lipinski definition) is 0. The van der Waals surface area contributed by atoms with Crippen LogP contribution in [0.15, 0.2) is 66.7 Å². The highest BCUT2D eigenvalue weighted by Crippen LogP contribution is 2.25. The van der Waals surface area contributed by atoms with Gasteiger partial charge in [0.15, 0.2) is 6.29 Å². The third-order valence-electron chi connectivity index (χ3n) is 4.72. The Morgan fingerprint density at radius 2 is 1.88 bits per heavy atom. The predicted octanol–water partition coefficient (Wildman–Crippen LogP) is 5.88. The summed E-state index contributed by atoms with van der Waals surface area (Å²) in [6.45, 7) is 3.05. The standard InChI is InChI=1S/C23H28O2/c1-2-20(12-8-11-19-9-4-3-5-10-19)21-14-16-22(17-15-21)25-23-13-6-7-18-24-23/h3-5,8-10,12,14-17,20,23H,2,6-7,11,13,18H2,1H3/b12-8+. The molecule has 0 saturated carbocycles. The molecular formula is C23H28O2. The summed E-state index contributed by atoms with van der Waals surface area (Å²) in [7, 11) is 0. The summed E-state index contributed by atoms with van der Waals surface area (Å²) in [5.74, 6) is 1.35. The molecule has 2 heteroatoms. The molecule has 2 aromatic carbocycles. The Bertz CT molecular complexity index is 640. The minimum Gasteiger partial charge on any atom is -0.465 e. The Morgan fingerprint density at radius 3 is 2.56 bits per heavy atom. The Kier molecular flexibility index (Phi) is 6.70. The lowest BCUT2D eigenvalue weighted by atomic mass is 9.95. The number of benzene rings is 2. The van der Waals surface area contributed by atoms with E-state index in [2.05, 4.69) is 73.7 Å². The largest absolute Gasteiger partial charge is 0.465 e. The van der Waals surface area contributed by atoms with Crippen molar-refractivity contribution in [1.29, 1.82) is 0 Å². The molecule has 25 heavy (non-hydrogen) atoms. The summed E-state index contributed by atoms with van der Waals surface area (Å²) in [4.78, 5) is 0. The fourth-order valence-corrected chi connectivity index (χ4v) is 3.21. The lowest BCUT2D eigenvalue weighted by Crippen LogP contribution is -2.24. The quantitative estimate of drug-likeness (QED) is 0.587. The molecule has 1 heterocycles. The summed E-state index contributed by atoms with van der Waals surface area (Å²) < 4.78 is 11.6. The van der Waals surface area contributed by atoms with Crippen molar-refractivity contribution in [1.82, 2.24) is 0 Å². The van der Waals surface area contributed by atoms with Crippen LogP contribution in [0.2, 0.25) is 0 Å². The molecule has 132 valence electrons. The van der Waals surface area contributed by atoms with Gasteiger partial charge in [0, 0.05) is 12.3 Å². The van der Waals surface area contributed by atoms with E-state index < -0.39 is 0 Å². The minimum atomic E-state index is -0.0765. The minimum absolute atomic E-state index is 0.0765. The van der Waals surface area contributed by atoms with Crippen LogP contribution in [-0.4, -0.2) is 12.9 Å². The molecule has 1 fully saturated rings. The molecule has 1 aliphatic heterocycles. The molecule has 2 unspecified atom stereocenters. The Labute approximate surface area is 151 Å². The van der Waals surface area contributed by atoms with Gasteiger partial charge in [0.25, 0.3) is 0 Å². The van der Waals surface area contributed by atoms with Gasteiger partial charge < -0.3 is 9.47 Å². The molecule has 2 aromatic rings. The Balaban J connectivity index is 1.57. The maximum Gasteiger partial charge on any atom is 0.199 e. The van der Waals surface area contributed by atoms with Crippen LogP contribution in [0.1, 0.15) is 49.7 Å². The highest BCUT2D eigenvalue weighted by Gasteiger charge is 2.15. The highest BCUT2D eigenvalue weighted by atomic mass is 16.7. The van der Waals surface area contributed by atoms with Crippen LogP contribution in [0.4, 0.5) is 0 Å². The molecule has 0 spiro atoms. The molecule has 2 atom stereocenters. The van der Waals surface area contributed by atoms with Gasteiger partial charge in [-0.25, -0.2) is 0 Å². The fraction of sp³-hybridized carbons (Fsp3) is 0.391. The van der Waals surface area contributed by atoms with Crippen LogP contribution in [-0.2, 0) is 11.2 Å². The van der Waals surface area contributed by atoms with Crippen molar-refractivity contribution in [3.8, 4) is 5.75 Å². The van der Waals surface area contributed by atoms with Crippen molar-refractivity contribution in [3.63, 3.8) is 0 Å². The van der Waals surface area contributed by atoms with Crippen molar-refractivity contribution in [2.75, 3.05) is 6.61 Å². The van der Waals surface area contributed by atoms with Crippen molar-refractivity contribution >= 4 is 0 Å². The van der Waals surface area contributed by atoms with Gasteiger partial charge in [0.1, 0.15) is 5.75 Å². The first-order valence-corrected chi connectivity index (χ1v) is 9.44. The zero-order valence-electron chi connectivity index (χ0n) is 15.1. The normalized spacial score (nSPS) is 19.0. The van der Waals surface area contributed by atoms with E-state index in [1.54, 1.807) is 0 Å². The second-order valence-corrected chi connectivity index (χ2v) is 6.62. The van der Waals surface area contributed by atoms with E-state index in [1.165, 1.54) is 17.5 Å². The van der Waals surface area contributed by atoms with Gasteiger partial charge in [0.2, 0.25) is 0 Å². The van der Waals surface area contributed by atoms with E-state index in [0.29, 0.717) is 5.92 Å². The molecule has 3 rings (SSSR count). The number of hydrogen-bond acceptors (Lipinski definition) is 2. The maximum absolute atomic E-state index is 5.92. The predicted molar refractivity (Wildman–Crippen MR) is 103 cm³/mol. The SMILES string of the molecule is CCC(/C=C/Cc1ccccc1)c1ccc(OC2CCCCO2)cc1. The van der Waals surface area contributed by atoms with Crippen LogP contribution in [0.5, 0.6) is 5.75 Å².